The molecule has 0 bridgehead atoms. The molecule has 0 fully saturated rings. The molecule has 0 saturated heterocycles. The van der Waals surface area contributed by atoms with E-state index in [0.29, 0.717) is 29.6 Å². The maximum Gasteiger partial charge on any atom is 0.273 e. The first-order chi connectivity index (χ1) is 15.9. The van der Waals surface area contributed by atoms with Crippen LogP contribution in [-0.4, -0.2) is 45.7 Å². The zero-order valence-corrected chi connectivity index (χ0v) is 18.4. The van der Waals surface area contributed by atoms with E-state index in [2.05, 4.69) is 9.97 Å². The third-order valence-corrected chi connectivity index (χ3v) is 5.92. The van der Waals surface area contributed by atoms with Gasteiger partial charge in [0.25, 0.3) is 11.8 Å². The number of anilines is 1. The summed E-state index contributed by atoms with van der Waals surface area (Å²) in [5, 5.41) is 0.606. The van der Waals surface area contributed by atoms with Gasteiger partial charge in [-0.05, 0) is 40.5 Å². The van der Waals surface area contributed by atoms with Crippen LogP contribution in [0.25, 0.3) is 22.0 Å². The van der Waals surface area contributed by atoms with Gasteiger partial charge in [-0.15, -0.1) is 0 Å². The van der Waals surface area contributed by atoms with Gasteiger partial charge in [-0.1, -0.05) is 48.5 Å². The Kier molecular flexibility index (Phi) is 5.01. The van der Waals surface area contributed by atoms with Crippen LogP contribution < -0.4 is 5.73 Å². The molecule has 0 aliphatic carbocycles. The summed E-state index contributed by atoms with van der Waals surface area (Å²) in [5.41, 5.74) is 11.2. The molecule has 3 aromatic carbocycles. The van der Waals surface area contributed by atoms with Gasteiger partial charge in [0.15, 0.2) is 0 Å². The number of nitrogens with zero attached hydrogens (tertiary/aromatic N) is 4. The predicted molar refractivity (Wildman–Crippen MR) is 127 cm³/mol. The number of fused-ring (bicyclic) bond motifs is 2. The van der Waals surface area contributed by atoms with Crippen molar-refractivity contribution in [2.24, 2.45) is 0 Å². The average molecular weight is 438 g/mol. The maximum absolute atomic E-state index is 13.5. The Hall–Kier alpha value is -4.26. The number of carbonyl (C=O) groups is 2. The predicted octanol–water partition coefficient (Wildman–Crippen LogP) is 3.74. The zero-order chi connectivity index (χ0) is 23.1. The van der Waals surface area contributed by atoms with Crippen LogP contribution in [-0.2, 0) is 13.1 Å². The third-order valence-electron chi connectivity index (χ3n) is 5.92. The van der Waals surface area contributed by atoms with E-state index in [4.69, 9.17) is 5.73 Å². The summed E-state index contributed by atoms with van der Waals surface area (Å²) in [5.74, 6) is -0.232. The summed E-state index contributed by atoms with van der Waals surface area (Å²) in [6, 6.07) is 21.0. The van der Waals surface area contributed by atoms with Crippen LogP contribution in [0.4, 0.5) is 5.95 Å². The lowest BCUT2D eigenvalue weighted by Gasteiger charge is -2.17. The fourth-order valence-corrected chi connectivity index (χ4v) is 4.27. The van der Waals surface area contributed by atoms with Gasteiger partial charge in [-0.3, -0.25) is 9.59 Å². The number of benzene rings is 3. The zero-order valence-electron chi connectivity index (χ0n) is 18.4. The molecule has 1 aliphatic heterocycles. The van der Waals surface area contributed by atoms with Crippen molar-refractivity contribution in [1.29, 1.82) is 0 Å². The molecule has 0 saturated carbocycles. The Labute approximate surface area is 191 Å². The van der Waals surface area contributed by atoms with Gasteiger partial charge >= 0.3 is 0 Å². The smallest absolute Gasteiger partial charge is 0.273 e. The minimum absolute atomic E-state index is 0.0542. The van der Waals surface area contributed by atoms with Crippen LogP contribution in [0.5, 0.6) is 0 Å². The van der Waals surface area contributed by atoms with Gasteiger partial charge in [0, 0.05) is 38.1 Å². The molecule has 33 heavy (non-hydrogen) atoms. The van der Waals surface area contributed by atoms with Gasteiger partial charge in [-0.2, -0.15) is 0 Å². The molecule has 0 atom stereocenters. The molecule has 0 spiro atoms. The number of rotatable bonds is 3. The molecule has 7 nitrogen and oxygen atoms in total. The molecule has 1 aromatic heterocycles. The van der Waals surface area contributed by atoms with E-state index < -0.39 is 0 Å². The van der Waals surface area contributed by atoms with Crippen LogP contribution >= 0.6 is 0 Å². The number of hydrogen-bond acceptors (Lipinski definition) is 5. The summed E-state index contributed by atoms with van der Waals surface area (Å²) in [7, 11) is 3.45. The lowest BCUT2D eigenvalue weighted by molar-refractivity contribution is 0.0747. The van der Waals surface area contributed by atoms with E-state index in [1.165, 1.54) is 0 Å². The fourth-order valence-electron chi connectivity index (χ4n) is 4.27. The monoisotopic (exact) mass is 437 g/mol. The van der Waals surface area contributed by atoms with Crippen molar-refractivity contribution in [1.82, 2.24) is 19.8 Å². The highest BCUT2D eigenvalue weighted by atomic mass is 16.2. The van der Waals surface area contributed by atoms with Crippen LogP contribution in [0.3, 0.4) is 0 Å². The molecule has 164 valence electrons. The summed E-state index contributed by atoms with van der Waals surface area (Å²) < 4.78 is 0. The minimum Gasteiger partial charge on any atom is -0.368 e. The normalized spacial score (nSPS) is 12.6. The van der Waals surface area contributed by atoms with Crippen molar-refractivity contribution >= 4 is 28.7 Å². The second-order valence-electron chi connectivity index (χ2n) is 8.34. The lowest BCUT2D eigenvalue weighted by Crippen LogP contribution is -2.27. The summed E-state index contributed by atoms with van der Waals surface area (Å²) in [4.78, 5) is 38.2. The van der Waals surface area contributed by atoms with Crippen LogP contribution in [0.1, 0.15) is 32.0 Å². The van der Waals surface area contributed by atoms with E-state index in [1.807, 2.05) is 60.7 Å². The molecule has 2 N–H and O–H groups in total. The third kappa shape index (κ3) is 3.67. The highest BCUT2D eigenvalue weighted by Gasteiger charge is 2.27. The Morgan fingerprint density at radius 3 is 2.27 bits per heavy atom. The number of hydrogen-bond donors (Lipinski definition) is 1. The topological polar surface area (TPSA) is 92.4 Å². The summed E-state index contributed by atoms with van der Waals surface area (Å²) in [6.45, 7) is 1.06. The minimum atomic E-state index is -0.194. The largest absolute Gasteiger partial charge is 0.368 e. The maximum atomic E-state index is 13.5. The first-order valence-corrected chi connectivity index (χ1v) is 10.7. The van der Waals surface area contributed by atoms with E-state index in [9.17, 15) is 9.59 Å². The molecule has 1 aliphatic rings. The highest BCUT2D eigenvalue weighted by Crippen LogP contribution is 2.31. The molecule has 4 aromatic rings. The van der Waals surface area contributed by atoms with Crippen molar-refractivity contribution in [2.45, 2.75) is 13.1 Å². The fraction of sp³-hybridized carbons (Fsp3) is 0.154. The first-order valence-electron chi connectivity index (χ1n) is 10.7. The van der Waals surface area contributed by atoms with Crippen molar-refractivity contribution in [2.75, 3.05) is 19.8 Å². The van der Waals surface area contributed by atoms with Crippen LogP contribution in [0.2, 0.25) is 0 Å². The molecule has 2 heterocycles. The van der Waals surface area contributed by atoms with E-state index >= 15 is 0 Å². The second kappa shape index (κ2) is 8.02. The molecule has 0 unspecified atom stereocenters. The lowest BCUT2D eigenvalue weighted by atomic mass is 9.97. The SMILES string of the molecule is CN(C)C(=O)c1ccccc1-c1ccc2nc(N)nc(C(=O)N3Cc4ccccc4C3)c2c1. The van der Waals surface area contributed by atoms with E-state index in [0.717, 1.165) is 22.3 Å². The van der Waals surface area contributed by atoms with Crippen molar-refractivity contribution < 1.29 is 9.59 Å². The average Bonchev–Trinajstić information content (AvgIpc) is 3.26. The van der Waals surface area contributed by atoms with Crippen LogP contribution in [0, 0.1) is 0 Å². The van der Waals surface area contributed by atoms with Gasteiger partial charge in [0.2, 0.25) is 5.95 Å². The number of carbonyl (C=O) groups excluding carboxylic acids is 2. The number of aromatic nitrogens is 2. The second-order valence-corrected chi connectivity index (χ2v) is 8.34. The van der Waals surface area contributed by atoms with Gasteiger partial charge in [0.1, 0.15) is 5.69 Å². The van der Waals surface area contributed by atoms with Gasteiger partial charge in [-0.25, -0.2) is 9.97 Å². The molecular weight excluding hydrogens is 414 g/mol. The molecule has 5 rings (SSSR count). The molecule has 0 radical (unpaired) electrons. The summed E-state index contributed by atoms with van der Waals surface area (Å²) >= 11 is 0. The van der Waals surface area contributed by atoms with Crippen molar-refractivity contribution in [3.63, 3.8) is 0 Å². The van der Waals surface area contributed by atoms with Crippen LogP contribution in [0.15, 0.2) is 66.7 Å². The standard InChI is InChI=1S/C26H23N5O2/c1-30(2)24(32)20-10-6-5-9-19(20)16-11-12-22-21(13-16)23(29-26(27)28-22)25(33)31-14-17-7-3-4-8-18(17)15-31/h3-13H,14-15H2,1-2H3,(H2,27,28,29). The van der Waals surface area contributed by atoms with E-state index in [1.54, 1.807) is 30.0 Å². The Bertz CT molecular complexity index is 1390. The Morgan fingerprint density at radius 2 is 1.58 bits per heavy atom. The van der Waals surface area contributed by atoms with Gasteiger partial charge < -0.3 is 15.5 Å². The van der Waals surface area contributed by atoms with Crippen molar-refractivity contribution in [3.8, 4) is 11.1 Å². The Balaban J connectivity index is 1.60. The quantitative estimate of drug-likeness (QED) is 0.527. The van der Waals surface area contributed by atoms with E-state index in [-0.39, 0.29) is 23.5 Å². The Morgan fingerprint density at radius 1 is 0.909 bits per heavy atom. The molecular formula is C26H23N5O2. The molecule has 7 heteroatoms. The number of amides is 2. The number of nitrogen functional groups attached to an aromatic ring is 1. The number of nitrogens with two attached hydrogens (primary N) is 1. The summed E-state index contributed by atoms with van der Waals surface area (Å²) in [6.07, 6.45) is 0. The van der Waals surface area contributed by atoms with Gasteiger partial charge in [0.05, 0.1) is 5.52 Å². The first kappa shape index (κ1) is 20.6. The highest BCUT2D eigenvalue weighted by molar-refractivity contribution is 6.07. The van der Waals surface area contributed by atoms with Crippen molar-refractivity contribution in [3.05, 3.63) is 89.1 Å². The molecule has 2 amide bonds.